The van der Waals surface area contributed by atoms with Crippen molar-refractivity contribution in [3.8, 4) is 5.75 Å². The molecule has 2 heterocycles. The van der Waals surface area contributed by atoms with Crippen LogP contribution in [-0.4, -0.2) is 208 Å². The summed E-state index contributed by atoms with van der Waals surface area (Å²) < 4.78 is 0. The minimum atomic E-state index is -1.87. The summed E-state index contributed by atoms with van der Waals surface area (Å²) in [5.74, 6) is -19.3. The van der Waals surface area contributed by atoms with Crippen LogP contribution >= 0.6 is 0 Å². The van der Waals surface area contributed by atoms with E-state index in [0.717, 1.165) is 10.9 Å². The average Bonchev–Trinajstić information content (AvgIpc) is 1.78. The SMILES string of the molecule is CC[C@H](C)[C@H](NC(=O)[C@H](CC(=O)O)NC(=O)CNC(=O)[C@H](Cc1c[nH]cn1)NC(=O)[C@H](C)NC(=O)[C@H](Cc1ccccc1)NC(=O)[C@H](Cc1ccc(O)cc1)NC(=O)[C@@H](NC(=O)[C@H](C)NC(=O)[C@H](CCC(=O)O)NC(=O)CCC(=O)O)C(C)C)C(=O)N[C@H](C(=O)N[C@@H](Cc1c[nH]c2ccccc12)C(=O)O)[C@@H](C)CC. The van der Waals surface area contributed by atoms with Gasteiger partial charge in [0.25, 0.3) is 0 Å². The van der Waals surface area contributed by atoms with Gasteiger partial charge in [-0.3, -0.25) is 71.9 Å². The number of amides is 12. The van der Waals surface area contributed by atoms with Gasteiger partial charge < -0.3 is 99.3 Å². The topological polar surface area (TPSA) is 563 Å². The van der Waals surface area contributed by atoms with Gasteiger partial charge in [0.1, 0.15) is 72.2 Å². The van der Waals surface area contributed by atoms with Crippen molar-refractivity contribution in [1.29, 1.82) is 0 Å². The molecule has 590 valence electrons. The minimum absolute atomic E-state index is 0.114. The summed E-state index contributed by atoms with van der Waals surface area (Å²) >= 11 is 0. The zero-order valence-electron chi connectivity index (χ0n) is 61.5. The Hall–Kier alpha value is -12.3. The predicted molar refractivity (Wildman–Crippen MR) is 389 cm³/mol. The highest BCUT2D eigenvalue weighted by molar-refractivity contribution is 6.00. The third-order valence-electron chi connectivity index (χ3n) is 17.9. The molecule has 109 heavy (non-hydrogen) atoms. The summed E-state index contributed by atoms with van der Waals surface area (Å²) in [6.45, 7) is 11.3. The van der Waals surface area contributed by atoms with E-state index in [2.05, 4.69) is 78.8 Å². The maximum absolute atomic E-state index is 14.7. The van der Waals surface area contributed by atoms with Gasteiger partial charge in [0, 0.05) is 61.8 Å². The molecule has 13 atom stereocenters. The smallest absolute Gasteiger partial charge is 0.326 e. The third kappa shape index (κ3) is 28.5. The van der Waals surface area contributed by atoms with Crippen molar-refractivity contribution in [3.05, 3.63) is 120 Å². The molecule has 0 bridgehead atoms. The van der Waals surface area contributed by atoms with Crippen LogP contribution in [0.5, 0.6) is 5.75 Å². The van der Waals surface area contributed by atoms with E-state index in [-0.39, 0.29) is 43.5 Å². The van der Waals surface area contributed by atoms with E-state index in [9.17, 15) is 97.1 Å². The Kier molecular flexibility index (Phi) is 34.3. The summed E-state index contributed by atoms with van der Waals surface area (Å²) in [6, 6.07) is 4.41. The first-order chi connectivity index (χ1) is 51.6. The zero-order chi connectivity index (χ0) is 80.8. The number of aromatic amines is 2. The van der Waals surface area contributed by atoms with Gasteiger partial charge >= 0.3 is 23.9 Å². The number of nitrogens with one attached hydrogen (secondary N) is 14. The quantitative estimate of drug-likeness (QED) is 0.0231. The summed E-state index contributed by atoms with van der Waals surface area (Å²) in [4.78, 5) is 224. The largest absolute Gasteiger partial charge is 0.508 e. The number of benzene rings is 3. The molecule has 0 radical (unpaired) electrons. The molecule has 0 spiro atoms. The first-order valence-electron chi connectivity index (χ1n) is 35.4. The van der Waals surface area contributed by atoms with Crippen LogP contribution in [-0.2, 0) is 102 Å². The average molecular weight is 1520 g/mol. The molecule has 5 rings (SSSR count). The maximum Gasteiger partial charge on any atom is 0.326 e. The fourth-order valence-electron chi connectivity index (χ4n) is 11.2. The zero-order valence-corrected chi connectivity index (χ0v) is 61.5. The number of carboxylic acids is 4. The fourth-order valence-corrected chi connectivity index (χ4v) is 11.2. The van der Waals surface area contributed by atoms with Crippen LogP contribution in [0.2, 0.25) is 0 Å². The summed E-state index contributed by atoms with van der Waals surface area (Å²) in [7, 11) is 0. The number of H-pyrrole nitrogens is 2. The molecule has 0 saturated heterocycles. The number of hydrogen-bond donors (Lipinski definition) is 19. The van der Waals surface area contributed by atoms with Gasteiger partial charge in [0.05, 0.1) is 31.4 Å². The molecule has 0 unspecified atom stereocenters. The van der Waals surface area contributed by atoms with E-state index in [1.807, 2.05) is 0 Å². The lowest BCUT2D eigenvalue weighted by atomic mass is 9.94. The van der Waals surface area contributed by atoms with Crippen LogP contribution in [0.25, 0.3) is 10.9 Å². The number of aromatic hydroxyl groups is 1. The number of hydrogen-bond acceptors (Lipinski definition) is 18. The van der Waals surface area contributed by atoms with Gasteiger partial charge in [-0.1, -0.05) is 115 Å². The number of phenols is 1. The van der Waals surface area contributed by atoms with E-state index in [4.69, 9.17) is 5.11 Å². The number of phenolic OH excluding ortho intramolecular Hbond substituents is 1. The predicted octanol–water partition coefficient (Wildman–Crippen LogP) is -0.607. The molecule has 5 aromatic rings. The lowest BCUT2D eigenvalue weighted by molar-refractivity contribution is -0.143. The molecule has 0 fully saturated rings. The Morgan fingerprint density at radius 2 is 0.899 bits per heavy atom. The second kappa shape index (κ2) is 42.8. The standard InChI is InChI=1S/C73H97N15O21/c1-9-38(5)61(71(106)85-54(73(108)109)30-44-33-75-48-19-15-14-18-47(44)48)88-72(107)62(39(6)10-2)87-69(104)53(32-59(96)97)81-56(91)35-76-65(100)52(31-45-34-74-36-77-45)82-63(98)40(7)79-67(102)50(28-42-16-12-11-13-17-42)83-68(103)51(29-43-20-22-46(89)23-21-43)84-70(105)60(37(3)4)86-64(99)41(8)78-66(101)49(24-26-57(92)93)80-55(90)25-27-58(94)95/h11-23,33-34,36-41,49-54,60-62,75,89H,9-10,24-32,35H2,1-8H3,(H,74,77)(H,76,100)(H,78,101)(H,79,102)(H,80,90)(H,81,91)(H,82,98)(H,83,103)(H,84,105)(H,85,106)(H,86,99)(H,87,104)(H,88,107)(H,92,93)(H,94,95)(H,96,97)(H,108,109)/t38-,39-,40-,41-,49-,50-,51-,52-,53-,54-,60-,61-,62-/m0/s1. The van der Waals surface area contributed by atoms with Crippen molar-refractivity contribution in [2.75, 3.05) is 6.54 Å². The van der Waals surface area contributed by atoms with Crippen molar-refractivity contribution in [1.82, 2.24) is 78.8 Å². The lowest BCUT2D eigenvalue weighted by Crippen LogP contribution is -2.61. The van der Waals surface area contributed by atoms with Crippen molar-refractivity contribution in [3.63, 3.8) is 0 Å². The number of carbonyl (C=O) groups excluding carboxylic acids is 12. The summed E-state index contributed by atoms with van der Waals surface area (Å²) in [5.41, 5.74) is 2.48. The number of rotatable bonds is 45. The number of imidazole rings is 1. The molecule has 12 amide bonds. The number of carbonyl (C=O) groups is 16. The molecule has 0 aliphatic carbocycles. The van der Waals surface area contributed by atoms with Crippen LogP contribution in [0.15, 0.2) is 97.6 Å². The maximum atomic E-state index is 14.7. The Balaban J connectivity index is 1.29. The highest BCUT2D eigenvalue weighted by Gasteiger charge is 2.38. The first-order valence-corrected chi connectivity index (χ1v) is 35.4. The van der Waals surface area contributed by atoms with Gasteiger partial charge in [0.15, 0.2) is 0 Å². The normalized spacial score (nSPS) is 14.7. The number of fused-ring (bicyclic) bond motifs is 1. The molecule has 0 aliphatic heterocycles. The van der Waals surface area contributed by atoms with Gasteiger partial charge in [-0.05, 0) is 72.9 Å². The molecule has 2 aromatic heterocycles. The van der Waals surface area contributed by atoms with Gasteiger partial charge in [-0.25, -0.2) is 9.78 Å². The van der Waals surface area contributed by atoms with Crippen molar-refractivity contribution >= 4 is 106 Å². The highest BCUT2D eigenvalue weighted by Crippen LogP contribution is 2.21. The highest BCUT2D eigenvalue weighted by atomic mass is 16.4. The molecule has 3 aromatic carbocycles. The van der Waals surface area contributed by atoms with Crippen molar-refractivity contribution in [2.24, 2.45) is 17.8 Å². The van der Waals surface area contributed by atoms with Crippen molar-refractivity contribution in [2.45, 2.75) is 192 Å². The monoisotopic (exact) mass is 1520 g/mol. The van der Waals surface area contributed by atoms with E-state index in [0.29, 0.717) is 23.1 Å². The molecule has 36 nitrogen and oxygen atoms in total. The number of carboxylic acid groups (broad SMARTS) is 4. The first kappa shape index (κ1) is 87.4. The second-order valence-electron chi connectivity index (χ2n) is 26.8. The van der Waals surface area contributed by atoms with E-state index >= 15 is 0 Å². The van der Waals surface area contributed by atoms with Crippen LogP contribution in [0.3, 0.4) is 0 Å². The number of aromatic nitrogens is 3. The van der Waals surface area contributed by atoms with Crippen molar-refractivity contribution < 1.29 is 102 Å². The number of para-hydroxylation sites is 1. The molecular formula is C73H97N15O21. The van der Waals surface area contributed by atoms with E-state index in [1.165, 1.54) is 50.6 Å². The Labute approximate surface area is 626 Å². The van der Waals surface area contributed by atoms with E-state index < -0.39 is 218 Å². The number of aliphatic carboxylic acids is 4. The molecule has 36 heteroatoms. The van der Waals surface area contributed by atoms with Crippen LogP contribution in [0.4, 0.5) is 0 Å². The molecular weight excluding hydrogens is 1420 g/mol. The Morgan fingerprint density at radius 1 is 0.422 bits per heavy atom. The van der Waals surface area contributed by atoms with Crippen LogP contribution in [0, 0.1) is 17.8 Å². The Morgan fingerprint density at radius 3 is 1.46 bits per heavy atom. The second-order valence-corrected chi connectivity index (χ2v) is 26.8. The molecule has 19 N–H and O–H groups in total. The van der Waals surface area contributed by atoms with Crippen LogP contribution in [0.1, 0.15) is 123 Å². The number of nitrogens with zero attached hydrogens (tertiary/aromatic N) is 1. The summed E-state index contributed by atoms with van der Waals surface area (Å²) in [6.07, 6.45) is 0.763. The Bertz CT molecular complexity index is 4020. The molecule has 0 aliphatic rings. The van der Waals surface area contributed by atoms with Crippen LogP contribution < -0.4 is 63.8 Å². The van der Waals surface area contributed by atoms with Gasteiger partial charge in [0.2, 0.25) is 70.9 Å². The fraction of sp³-hybridized carbons (Fsp3) is 0.466. The summed E-state index contributed by atoms with van der Waals surface area (Å²) in [5, 5.41) is 79.0. The van der Waals surface area contributed by atoms with Gasteiger partial charge in [-0.15, -0.1) is 0 Å². The third-order valence-corrected chi connectivity index (χ3v) is 17.9. The minimum Gasteiger partial charge on any atom is -0.508 e. The lowest BCUT2D eigenvalue weighted by Gasteiger charge is -2.30. The van der Waals surface area contributed by atoms with Gasteiger partial charge in [-0.2, -0.15) is 0 Å². The van der Waals surface area contributed by atoms with E-state index in [1.54, 1.807) is 102 Å². The molecule has 0 saturated carbocycles.